The number of benzene rings is 3. The molecule has 32 heavy (non-hydrogen) atoms. The van der Waals surface area contributed by atoms with E-state index in [1.807, 2.05) is 24.3 Å². The molecular weight excluding hydrogens is 412 g/mol. The highest BCUT2D eigenvalue weighted by Crippen LogP contribution is 2.85. The molecule has 0 heterocycles. The average molecular weight is 428 g/mol. The number of rotatable bonds is 5. The second kappa shape index (κ2) is 6.23. The Bertz CT molecular complexity index is 1260. The van der Waals surface area contributed by atoms with Gasteiger partial charge in [-0.25, -0.2) is 4.79 Å². The highest BCUT2D eigenvalue weighted by atomic mass is 16.6. The first-order valence-corrected chi connectivity index (χ1v) is 10.2. The lowest BCUT2D eigenvalue weighted by Gasteiger charge is -2.21. The smallest absolute Gasteiger partial charge is 0.338 e. The zero-order chi connectivity index (χ0) is 22.2. The standard InChI is InChI=1S/C24H16N2O6/c27-23(13-9-14(25(28)29)11-15(10-13)26(30)31)32-12-24-20-16-5-1-3-7-18(16)21(24)22(24)19-8-4-2-6-17(19)20/h1-11,20-22H,12H2. The Balaban J connectivity index is 1.33. The Morgan fingerprint density at radius 2 is 1.28 bits per heavy atom. The molecule has 0 saturated heterocycles. The normalized spacial score (nSPS) is 25.4. The van der Waals surface area contributed by atoms with Crippen molar-refractivity contribution in [2.45, 2.75) is 17.8 Å². The molecule has 3 aromatic rings. The number of nitro groups is 2. The first-order valence-electron chi connectivity index (χ1n) is 10.2. The minimum Gasteiger partial charge on any atom is -0.461 e. The first kappa shape index (κ1) is 18.7. The van der Waals surface area contributed by atoms with Gasteiger partial charge in [-0.1, -0.05) is 48.5 Å². The van der Waals surface area contributed by atoms with E-state index in [0.717, 1.165) is 18.2 Å². The van der Waals surface area contributed by atoms with E-state index in [2.05, 4.69) is 24.3 Å². The maximum atomic E-state index is 12.8. The molecule has 0 bridgehead atoms. The van der Waals surface area contributed by atoms with Crippen LogP contribution in [0, 0.1) is 25.6 Å². The Labute approximate surface area is 181 Å². The van der Waals surface area contributed by atoms with Crippen LogP contribution in [0.4, 0.5) is 11.4 Å². The van der Waals surface area contributed by atoms with E-state index in [1.165, 1.54) is 22.3 Å². The molecule has 8 heteroatoms. The second-order valence-electron chi connectivity index (χ2n) is 8.59. The lowest BCUT2D eigenvalue weighted by molar-refractivity contribution is -0.394. The zero-order valence-corrected chi connectivity index (χ0v) is 16.6. The summed E-state index contributed by atoms with van der Waals surface area (Å²) in [6, 6.07) is 19.4. The molecule has 2 unspecified atom stereocenters. The van der Waals surface area contributed by atoms with Gasteiger partial charge in [0.2, 0.25) is 0 Å². The van der Waals surface area contributed by atoms with Crippen LogP contribution >= 0.6 is 0 Å². The maximum absolute atomic E-state index is 12.8. The van der Waals surface area contributed by atoms with Gasteiger partial charge in [-0.05, 0) is 22.3 Å². The highest BCUT2D eigenvalue weighted by Gasteiger charge is 2.78. The van der Waals surface area contributed by atoms with Gasteiger partial charge in [0.05, 0.1) is 28.1 Å². The number of esters is 1. The highest BCUT2D eigenvalue weighted by molar-refractivity contribution is 5.91. The number of carbonyl (C=O) groups excluding carboxylic acids is 1. The minimum absolute atomic E-state index is 0.122. The number of ether oxygens (including phenoxy) is 1. The van der Waals surface area contributed by atoms with E-state index in [9.17, 15) is 25.0 Å². The summed E-state index contributed by atoms with van der Waals surface area (Å²) in [4.78, 5) is 33.6. The molecule has 0 spiro atoms. The van der Waals surface area contributed by atoms with Gasteiger partial charge < -0.3 is 4.74 Å². The molecule has 6 rings (SSSR count). The molecule has 1 fully saturated rings. The molecule has 0 radical (unpaired) electrons. The molecule has 2 atom stereocenters. The quantitative estimate of drug-likeness (QED) is 0.331. The van der Waals surface area contributed by atoms with Crippen molar-refractivity contribution in [2.24, 2.45) is 5.41 Å². The summed E-state index contributed by atoms with van der Waals surface area (Å²) >= 11 is 0. The summed E-state index contributed by atoms with van der Waals surface area (Å²) < 4.78 is 5.69. The van der Waals surface area contributed by atoms with Crippen LogP contribution < -0.4 is 0 Å². The molecule has 158 valence electrons. The summed E-state index contributed by atoms with van der Waals surface area (Å²) in [6.07, 6.45) is 0. The number of hydrogen-bond acceptors (Lipinski definition) is 6. The van der Waals surface area contributed by atoms with Gasteiger partial charge in [0.1, 0.15) is 0 Å². The number of nitrogens with zero attached hydrogens (tertiary/aromatic N) is 2. The van der Waals surface area contributed by atoms with Crippen molar-refractivity contribution >= 4 is 17.3 Å². The third-order valence-electron chi connectivity index (χ3n) is 7.22. The van der Waals surface area contributed by atoms with Gasteiger partial charge in [0, 0.05) is 35.3 Å². The Kier molecular flexibility index (Phi) is 3.63. The van der Waals surface area contributed by atoms with Crippen LogP contribution in [0.1, 0.15) is 50.4 Å². The van der Waals surface area contributed by atoms with Crippen LogP contribution in [-0.2, 0) is 4.74 Å². The van der Waals surface area contributed by atoms with Gasteiger partial charge >= 0.3 is 5.97 Å². The number of carbonyl (C=O) groups is 1. The van der Waals surface area contributed by atoms with Gasteiger partial charge in [0.15, 0.2) is 0 Å². The van der Waals surface area contributed by atoms with Crippen LogP contribution in [-0.4, -0.2) is 22.4 Å². The fourth-order valence-electron chi connectivity index (χ4n) is 6.08. The van der Waals surface area contributed by atoms with E-state index in [-0.39, 0.29) is 35.3 Å². The second-order valence-corrected chi connectivity index (χ2v) is 8.59. The Morgan fingerprint density at radius 1 is 0.812 bits per heavy atom. The van der Waals surface area contributed by atoms with Crippen molar-refractivity contribution < 1.29 is 19.4 Å². The maximum Gasteiger partial charge on any atom is 0.338 e. The minimum atomic E-state index is -0.795. The average Bonchev–Trinajstić information content (AvgIpc) is 3.29. The predicted molar refractivity (Wildman–Crippen MR) is 113 cm³/mol. The fraction of sp³-hybridized carbons (Fsp3) is 0.208. The largest absolute Gasteiger partial charge is 0.461 e. The molecule has 0 aromatic heterocycles. The molecular formula is C24H16N2O6. The Hall–Kier alpha value is -4.07. The molecule has 1 saturated carbocycles. The van der Waals surface area contributed by atoms with Crippen molar-refractivity contribution in [3.05, 3.63) is 115 Å². The van der Waals surface area contributed by atoms with Crippen LogP contribution in [0.15, 0.2) is 66.7 Å². The topological polar surface area (TPSA) is 113 Å². The summed E-state index contributed by atoms with van der Waals surface area (Å²) in [6.45, 7) is 0.145. The van der Waals surface area contributed by atoms with Crippen LogP contribution in [0.3, 0.4) is 0 Å². The number of non-ortho nitro benzene ring substituents is 2. The third-order valence-corrected chi connectivity index (χ3v) is 7.22. The summed E-state index contributed by atoms with van der Waals surface area (Å²) in [5.74, 6) is -0.162. The molecule has 3 aromatic carbocycles. The monoisotopic (exact) mass is 428 g/mol. The van der Waals surface area contributed by atoms with Crippen LogP contribution in [0.25, 0.3) is 0 Å². The predicted octanol–water partition coefficient (Wildman–Crippen LogP) is 4.69. The molecule has 0 amide bonds. The van der Waals surface area contributed by atoms with Crippen LogP contribution in [0.5, 0.6) is 0 Å². The third kappa shape index (κ3) is 2.29. The summed E-state index contributed by atoms with van der Waals surface area (Å²) in [7, 11) is 0. The first-order chi connectivity index (χ1) is 15.4. The SMILES string of the molecule is O=C(OCC12C3c4ccccc4C1C2c1ccccc13)c1cc([N+](=O)[O-])cc([N+](=O)[O-])c1. The molecule has 3 aliphatic carbocycles. The van der Waals surface area contributed by atoms with Crippen molar-refractivity contribution in [1.29, 1.82) is 0 Å². The van der Waals surface area contributed by atoms with Gasteiger partial charge in [-0.2, -0.15) is 0 Å². The number of hydrogen-bond donors (Lipinski definition) is 0. The lowest BCUT2D eigenvalue weighted by Crippen LogP contribution is -2.20. The summed E-state index contributed by atoms with van der Waals surface area (Å²) in [5, 5.41) is 22.3. The van der Waals surface area contributed by atoms with Crippen molar-refractivity contribution in [3.8, 4) is 0 Å². The Morgan fingerprint density at radius 3 is 1.75 bits per heavy atom. The molecule has 3 aliphatic rings. The van der Waals surface area contributed by atoms with E-state index in [1.54, 1.807) is 0 Å². The van der Waals surface area contributed by atoms with E-state index >= 15 is 0 Å². The van der Waals surface area contributed by atoms with Gasteiger partial charge in [-0.15, -0.1) is 0 Å². The van der Waals surface area contributed by atoms with E-state index < -0.39 is 27.2 Å². The van der Waals surface area contributed by atoms with Gasteiger partial charge in [0.25, 0.3) is 11.4 Å². The van der Waals surface area contributed by atoms with Crippen LogP contribution in [0.2, 0.25) is 0 Å². The fourth-order valence-corrected chi connectivity index (χ4v) is 6.08. The van der Waals surface area contributed by atoms with Crippen molar-refractivity contribution in [1.82, 2.24) is 0 Å². The lowest BCUT2D eigenvalue weighted by atomic mass is 9.85. The van der Waals surface area contributed by atoms with E-state index in [4.69, 9.17) is 4.74 Å². The summed E-state index contributed by atoms with van der Waals surface area (Å²) in [5.41, 5.74) is 3.56. The van der Waals surface area contributed by atoms with Crippen molar-refractivity contribution in [3.63, 3.8) is 0 Å². The van der Waals surface area contributed by atoms with E-state index in [0.29, 0.717) is 0 Å². The number of nitro benzene ring substituents is 2. The van der Waals surface area contributed by atoms with Crippen molar-refractivity contribution in [2.75, 3.05) is 6.61 Å². The molecule has 0 aliphatic heterocycles. The van der Waals surface area contributed by atoms with Gasteiger partial charge in [-0.3, -0.25) is 20.2 Å². The zero-order valence-electron chi connectivity index (χ0n) is 16.6. The number of fused-ring (bicyclic) bond motifs is 7. The molecule has 0 N–H and O–H groups in total. The molecule has 8 nitrogen and oxygen atoms in total.